The normalized spacial score (nSPS) is 16.3. The molecule has 206 valence electrons. The number of hydrogen-bond acceptors (Lipinski definition) is 7. The Morgan fingerprint density at radius 2 is 1.86 bits per heavy atom. The molecule has 1 aliphatic heterocycles. The summed E-state index contributed by atoms with van der Waals surface area (Å²) in [6, 6.07) is 3.43. The Kier molecular flexibility index (Phi) is 12.5. The molecular formula is C26H38F3N5O3. The topological polar surface area (TPSA) is 107 Å². The molecule has 0 bridgehead atoms. The lowest BCUT2D eigenvalue weighted by molar-refractivity contribution is -0.154. The molecule has 2 N–H and O–H groups in total. The number of ether oxygens (including phenoxy) is 1. The molecule has 0 aromatic carbocycles. The van der Waals surface area contributed by atoms with Crippen LogP contribution in [0.25, 0.3) is 0 Å². The molecule has 2 aromatic rings. The largest absolute Gasteiger partial charge is 0.468 e. The Morgan fingerprint density at radius 3 is 2.49 bits per heavy atom. The SMILES string of the molecule is C=C.Cc1nc(CC(N)=O)no1.FC(F)(F)COc1ccc2c(n1)CCN(CCC1CCCCC1)CC2. The monoisotopic (exact) mass is 525 g/mol. The quantitative estimate of drug-likeness (QED) is 0.527. The summed E-state index contributed by atoms with van der Waals surface area (Å²) in [6.07, 6.45) is 5.55. The maximum atomic E-state index is 12.3. The number of pyridine rings is 1. The van der Waals surface area contributed by atoms with Gasteiger partial charge in [-0.05, 0) is 30.9 Å². The zero-order valence-corrected chi connectivity index (χ0v) is 21.6. The Hall–Kier alpha value is -2.95. The number of aryl methyl sites for hydroxylation is 1. The van der Waals surface area contributed by atoms with E-state index in [4.69, 9.17) is 10.5 Å². The first kappa shape index (κ1) is 30.3. The van der Waals surface area contributed by atoms with Gasteiger partial charge in [-0.25, -0.2) is 4.98 Å². The second-order valence-corrected chi connectivity index (χ2v) is 9.17. The first-order chi connectivity index (χ1) is 17.7. The van der Waals surface area contributed by atoms with Crippen LogP contribution < -0.4 is 10.5 Å². The summed E-state index contributed by atoms with van der Waals surface area (Å²) in [5.74, 6) is 1.27. The lowest BCUT2D eigenvalue weighted by Crippen LogP contribution is -2.29. The number of halogens is 3. The van der Waals surface area contributed by atoms with Gasteiger partial charge in [0.2, 0.25) is 17.7 Å². The lowest BCUT2D eigenvalue weighted by atomic mass is 9.87. The number of primary amides is 1. The molecule has 0 spiro atoms. The highest BCUT2D eigenvalue weighted by Gasteiger charge is 2.29. The molecule has 0 atom stereocenters. The number of hydrogen-bond donors (Lipinski definition) is 1. The summed E-state index contributed by atoms with van der Waals surface area (Å²) in [6.45, 7) is 9.42. The summed E-state index contributed by atoms with van der Waals surface area (Å²) < 4.78 is 46.2. The molecule has 37 heavy (non-hydrogen) atoms. The van der Waals surface area contributed by atoms with E-state index in [1.54, 1.807) is 13.0 Å². The van der Waals surface area contributed by atoms with Crippen molar-refractivity contribution in [2.45, 2.75) is 70.9 Å². The van der Waals surface area contributed by atoms with Crippen molar-refractivity contribution < 1.29 is 27.2 Å². The zero-order chi connectivity index (χ0) is 27.3. The van der Waals surface area contributed by atoms with E-state index in [2.05, 4.69) is 37.7 Å². The Morgan fingerprint density at radius 1 is 1.16 bits per heavy atom. The number of nitrogens with zero attached hydrogens (tertiary/aromatic N) is 4. The number of alkyl halides is 3. The van der Waals surface area contributed by atoms with Crippen LogP contribution >= 0.6 is 0 Å². The van der Waals surface area contributed by atoms with E-state index in [1.807, 2.05) is 6.07 Å². The van der Waals surface area contributed by atoms with Crippen LogP contribution in [-0.4, -0.2) is 58.3 Å². The van der Waals surface area contributed by atoms with Crippen LogP contribution in [0.4, 0.5) is 13.2 Å². The first-order valence-electron chi connectivity index (χ1n) is 12.7. The van der Waals surface area contributed by atoms with Crippen LogP contribution in [-0.2, 0) is 24.1 Å². The molecule has 1 saturated carbocycles. The van der Waals surface area contributed by atoms with E-state index in [0.29, 0.717) is 11.7 Å². The average molecular weight is 526 g/mol. The van der Waals surface area contributed by atoms with Gasteiger partial charge < -0.3 is 19.9 Å². The van der Waals surface area contributed by atoms with Crippen LogP contribution in [0.3, 0.4) is 0 Å². The summed E-state index contributed by atoms with van der Waals surface area (Å²) >= 11 is 0. The Bertz CT molecular complexity index is 961. The number of rotatable bonds is 7. The minimum absolute atomic E-state index is 0.0390. The predicted octanol–water partition coefficient (Wildman–Crippen LogP) is 4.60. The number of fused-ring (bicyclic) bond motifs is 1. The molecule has 1 fully saturated rings. The number of carbonyl (C=O) groups excluding carboxylic acids is 1. The van der Waals surface area contributed by atoms with Gasteiger partial charge in [0.05, 0.1) is 6.42 Å². The predicted molar refractivity (Wildman–Crippen MR) is 134 cm³/mol. The summed E-state index contributed by atoms with van der Waals surface area (Å²) in [5.41, 5.74) is 6.90. The van der Waals surface area contributed by atoms with Crippen LogP contribution in [0, 0.1) is 12.8 Å². The number of nitrogens with two attached hydrogens (primary N) is 1. The van der Waals surface area contributed by atoms with E-state index >= 15 is 0 Å². The molecule has 1 aliphatic carbocycles. The van der Waals surface area contributed by atoms with Crippen molar-refractivity contribution in [2.75, 3.05) is 26.2 Å². The number of amides is 1. The molecule has 0 radical (unpaired) electrons. The van der Waals surface area contributed by atoms with Crippen LogP contribution in [0.1, 0.15) is 61.5 Å². The minimum atomic E-state index is -4.33. The Labute approximate surface area is 216 Å². The van der Waals surface area contributed by atoms with Crippen LogP contribution in [0.5, 0.6) is 5.88 Å². The smallest absolute Gasteiger partial charge is 0.422 e. The third kappa shape index (κ3) is 11.8. The van der Waals surface area contributed by atoms with Crippen LogP contribution in [0.2, 0.25) is 0 Å². The molecule has 4 rings (SSSR count). The van der Waals surface area contributed by atoms with Crippen molar-refractivity contribution in [1.29, 1.82) is 0 Å². The molecule has 3 heterocycles. The highest BCUT2D eigenvalue weighted by molar-refractivity contribution is 5.75. The molecule has 0 saturated heterocycles. The van der Waals surface area contributed by atoms with Gasteiger partial charge in [-0.3, -0.25) is 4.79 Å². The molecule has 2 aliphatic rings. The van der Waals surface area contributed by atoms with Crippen molar-refractivity contribution in [3.05, 3.63) is 48.3 Å². The molecule has 0 unspecified atom stereocenters. The highest BCUT2D eigenvalue weighted by Crippen LogP contribution is 2.27. The molecule has 1 amide bonds. The summed E-state index contributed by atoms with van der Waals surface area (Å²) in [7, 11) is 0. The van der Waals surface area contributed by atoms with Crippen LogP contribution in [0.15, 0.2) is 29.8 Å². The van der Waals surface area contributed by atoms with E-state index in [1.165, 1.54) is 38.5 Å². The number of carbonyl (C=O) groups is 1. The van der Waals surface area contributed by atoms with Crippen molar-refractivity contribution in [3.8, 4) is 5.88 Å². The fourth-order valence-electron chi connectivity index (χ4n) is 4.48. The average Bonchev–Trinajstić information content (AvgIpc) is 3.16. The third-order valence-electron chi connectivity index (χ3n) is 6.27. The van der Waals surface area contributed by atoms with Gasteiger partial charge in [0.25, 0.3) is 0 Å². The van der Waals surface area contributed by atoms with Gasteiger partial charge in [0.1, 0.15) is 0 Å². The van der Waals surface area contributed by atoms with Gasteiger partial charge in [-0.1, -0.05) is 43.3 Å². The Balaban J connectivity index is 0.000000336. The summed E-state index contributed by atoms with van der Waals surface area (Å²) in [4.78, 5) is 20.8. The van der Waals surface area contributed by atoms with Gasteiger partial charge >= 0.3 is 6.18 Å². The van der Waals surface area contributed by atoms with Crippen molar-refractivity contribution >= 4 is 5.91 Å². The van der Waals surface area contributed by atoms with E-state index in [0.717, 1.165) is 49.7 Å². The maximum absolute atomic E-state index is 12.3. The van der Waals surface area contributed by atoms with E-state index < -0.39 is 18.7 Å². The van der Waals surface area contributed by atoms with Gasteiger partial charge in [0.15, 0.2) is 12.4 Å². The van der Waals surface area contributed by atoms with Crippen molar-refractivity contribution in [3.63, 3.8) is 0 Å². The third-order valence-corrected chi connectivity index (χ3v) is 6.27. The second-order valence-electron chi connectivity index (χ2n) is 9.17. The maximum Gasteiger partial charge on any atom is 0.422 e. The molecule has 2 aromatic heterocycles. The van der Waals surface area contributed by atoms with Crippen molar-refractivity contribution in [2.24, 2.45) is 11.7 Å². The van der Waals surface area contributed by atoms with E-state index in [9.17, 15) is 18.0 Å². The highest BCUT2D eigenvalue weighted by atomic mass is 19.4. The van der Waals surface area contributed by atoms with Gasteiger partial charge in [-0.15, -0.1) is 13.2 Å². The van der Waals surface area contributed by atoms with E-state index in [-0.39, 0.29) is 12.3 Å². The minimum Gasteiger partial charge on any atom is -0.468 e. The fourth-order valence-corrected chi connectivity index (χ4v) is 4.48. The molecule has 11 heteroatoms. The van der Waals surface area contributed by atoms with Gasteiger partial charge in [0, 0.05) is 38.2 Å². The van der Waals surface area contributed by atoms with Crippen molar-refractivity contribution in [1.82, 2.24) is 20.0 Å². The first-order valence-corrected chi connectivity index (χ1v) is 12.7. The fraction of sp³-hybridized carbons (Fsp3) is 0.615. The molecule has 8 nitrogen and oxygen atoms in total. The lowest BCUT2D eigenvalue weighted by Gasteiger charge is -2.26. The second kappa shape index (κ2) is 15.3. The standard InChI is InChI=1S/C19H27F3N2O.C5H7N3O2.C2H4/c20-19(21,22)14-25-18-7-6-16-9-12-24(13-10-17(16)23-18)11-8-15-4-2-1-3-5-15;1-3-7-5(8-10-3)2-4(6)9;1-2/h6-7,15H,1-5,8-14H2;2H2,1H3,(H2,6,9);1-2H2. The number of aromatic nitrogens is 3. The van der Waals surface area contributed by atoms with Gasteiger partial charge in [-0.2, -0.15) is 18.2 Å². The summed E-state index contributed by atoms with van der Waals surface area (Å²) in [5, 5.41) is 3.47. The molecular weight excluding hydrogens is 487 g/mol. The zero-order valence-electron chi connectivity index (χ0n) is 21.6.